The van der Waals surface area contributed by atoms with Crippen molar-refractivity contribution in [3.63, 3.8) is 0 Å². The number of thioether (sulfide) groups is 1. The van der Waals surface area contributed by atoms with E-state index in [1.165, 1.54) is 0 Å². The van der Waals surface area contributed by atoms with Gasteiger partial charge in [0.25, 0.3) is 5.89 Å². The van der Waals surface area contributed by atoms with Gasteiger partial charge in [0, 0.05) is 19.4 Å². The van der Waals surface area contributed by atoms with E-state index in [0.717, 1.165) is 30.2 Å². The van der Waals surface area contributed by atoms with E-state index in [-0.39, 0.29) is 0 Å². The molecule has 0 radical (unpaired) electrons. The number of rotatable bonds is 5. The summed E-state index contributed by atoms with van der Waals surface area (Å²) in [6, 6.07) is 3.76. The van der Waals surface area contributed by atoms with Crippen LogP contribution in [0.2, 0.25) is 0 Å². The van der Waals surface area contributed by atoms with Crippen molar-refractivity contribution in [1.82, 2.24) is 19.7 Å². The number of nitrogens with zero attached hydrogens (tertiary/aromatic N) is 4. The van der Waals surface area contributed by atoms with Crippen LogP contribution in [0.1, 0.15) is 30.8 Å². The summed E-state index contributed by atoms with van der Waals surface area (Å²) in [5, 5.41) is 4.95. The molecule has 0 unspecified atom stereocenters. The van der Waals surface area contributed by atoms with Crippen molar-refractivity contribution in [1.29, 1.82) is 0 Å². The van der Waals surface area contributed by atoms with Gasteiger partial charge in [0.05, 0.1) is 11.3 Å². The number of aromatic nitrogens is 4. The van der Waals surface area contributed by atoms with E-state index in [9.17, 15) is 0 Å². The second kappa shape index (κ2) is 5.54. The zero-order chi connectivity index (χ0) is 15.9. The second-order valence-corrected chi connectivity index (χ2v) is 6.75. The van der Waals surface area contributed by atoms with Crippen molar-refractivity contribution in [2.75, 3.05) is 0 Å². The molecule has 7 nitrogen and oxygen atoms in total. The number of nitrogens with two attached hydrogens (primary N) is 1. The van der Waals surface area contributed by atoms with E-state index in [1.807, 2.05) is 29.9 Å². The fourth-order valence-electron chi connectivity index (χ4n) is 2.50. The van der Waals surface area contributed by atoms with Crippen molar-refractivity contribution >= 4 is 11.8 Å². The van der Waals surface area contributed by atoms with Crippen LogP contribution in [0.25, 0.3) is 11.7 Å². The van der Waals surface area contributed by atoms with Gasteiger partial charge in [-0.05, 0) is 31.4 Å². The molecule has 0 atom stereocenters. The van der Waals surface area contributed by atoms with Crippen LogP contribution < -0.4 is 5.73 Å². The van der Waals surface area contributed by atoms with Gasteiger partial charge in [-0.25, -0.2) is 4.98 Å². The number of furan rings is 1. The molecule has 3 aromatic heterocycles. The van der Waals surface area contributed by atoms with Gasteiger partial charge in [0.2, 0.25) is 0 Å². The molecule has 0 spiro atoms. The molecule has 0 amide bonds. The monoisotopic (exact) mass is 331 g/mol. The molecule has 0 saturated heterocycles. The Morgan fingerprint density at radius 3 is 2.96 bits per heavy atom. The van der Waals surface area contributed by atoms with Crippen molar-refractivity contribution in [3.05, 3.63) is 36.1 Å². The van der Waals surface area contributed by atoms with E-state index in [0.29, 0.717) is 23.2 Å². The van der Waals surface area contributed by atoms with Gasteiger partial charge in [-0.1, -0.05) is 16.9 Å². The van der Waals surface area contributed by atoms with E-state index >= 15 is 0 Å². The number of imidazole rings is 1. The zero-order valence-corrected chi connectivity index (χ0v) is 13.5. The van der Waals surface area contributed by atoms with Gasteiger partial charge < -0.3 is 19.2 Å². The minimum Gasteiger partial charge on any atom is -0.455 e. The fourth-order valence-corrected chi connectivity index (χ4v) is 3.33. The predicted octanol–water partition coefficient (Wildman–Crippen LogP) is 2.69. The topological polar surface area (TPSA) is 95.9 Å². The van der Waals surface area contributed by atoms with E-state index in [1.54, 1.807) is 18.0 Å². The third-order valence-electron chi connectivity index (χ3n) is 4.11. The lowest BCUT2D eigenvalue weighted by atomic mass is 9.77. The first kappa shape index (κ1) is 14.5. The van der Waals surface area contributed by atoms with Crippen molar-refractivity contribution in [2.24, 2.45) is 12.8 Å². The zero-order valence-electron chi connectivity index (χ0n) is 12.7. The molecule has 8 heteroatoms. The Kier molecular flexibility index (Phi) is 3.50. The lowest BCUT2D eigenvalue weighted by Crippen LogP contribution is -2.44. The quantitative estimate of drug-likeness (QED) is 0.718. The maximum atomic E-state index is 6.21. The summed E-state index contributed by atoms with van der Waals surface area (Å²) in [5.74, 6) is 3.04. The predicted molar refractivity (Wildman–Crippen MR) is 84.5 cm³/mol. The molecule has 1 saturated carbocycles. The summed E-state index contributed by atoms with van der Waals surface area (Å²) in [6.07, 6.45) is 6.60. The van der Waals surface area contributed by atoms with Crippen molar-refractivity contribution < 1.29 is 8.94 Å². The van der Waals surface area contributed by atoms with Crippen LogP contribution in [0, 0.1) is 0 Å². The molecule has 3 aromatic rings. The van der Waals surface area contributed by atoms with Crippen LogP contribution in [0.15, 0.2) is 38.6 Å². The highest BCUT2D eigenvalue weighted by Crippen LogP contribution is 2.37. The molecular weight excluding hydrogens is 314 g/mol. The van der Waals surface area contributed by atoms with Crippen LogP contribution in [0.5, 0.6) is 0 Å². The number of hydrogen-bond donors (Lipinski definition) is 1. The molecule has 0 aliphatic heterocycles. The highest BCUT2D eigenvalue weighted by molar-refractivity contribution is 7.98. The molecule has 0 aromatic carbocycles. The number of aryl methyl sites for hydroxylation is 1. The van der Waals surface area contributed by atoms with Gasteiger partial charge in [0.15, 0.2) is 16.7 Å². The van der Waals surface area contributed by atoms with Gasteiger partial charge in [-0.15, -0.1) is 0 Å². The van der Waals surface area contributed by atoms with Gasteiger partial charge in [0.1, 0.15) is 5.76 Å². The summed E-state index contributed by atoms with van der Waals surface area (Å²) in [5.41, 5.74) is 5.78. The lowest BCUT2D eigenvalue weighted by molar-refractivity contribution is 0.229. The normalized spacial score (nSPS) is 16.4. The molecule has 120 valence electrons. The maximum Gasteiger partial charge on any atom is 0.293 e. The summed E-state index contributed by atoms with van der Waals surface area (Å²) in [4.78, 5) is 8.66. The van der Waals surface area contributed by atoms with Crippen LogP contribution in [-0.4, -0.2) is 19.7 Å². The minimum absolute atomic E-state index is 0.380. The lowest BCUT2D eigenvalue weighted by Gasteiger charge is -2.34. The Morgan fingerprint density at radius 1 is 1.39 bits per heavy atom. The molecule has 0 bridgehead atoms. The Bertz CT molecular complexity index is 817. The molecule has 1 fully saturated rings. The Morgan fingerprint density at radius 2 is 2.26 bits per heavy atom. The van der Waals surface area contributed by atoms with E-state index < -0.39 is 5.54 Å². The van der Waals surface area contributed by atoms with E-state index in [2.05, 4.69) is 15.1 Å². The highest BCUT2D eigenvalue weighted by atomic mass is 32.2. The Balaban J connectivity index is 1.46. The molecule has 4 rings (SSSR count). The van der Waals surface area contributed by atoms with Crippen molar-refractivity contribution in [3.8, 4) is 11.7 Å². The van der Waals surface area contributed by atoms with Crippen LogP contribution in [-0.2, 0) is 18.3 Å². The molecule has 1 aliphatic carbocycles. The highest BCUT2D eigenvalue weighted by Gasteiger charge is 2.39. The molecule has 3 heterocycles. The Labute approximate surface area is 137 Å². The summed E-state index contributed by atoms with van der Waals surface area (Å²) in [6.45, 7) is 0. The SMILES string of the molecule is Cn1ccnc1SCc1ccc(-c2nc(C3(N)CCC3)no2)o1. The first-order valence-electron chi connectivity index (χ1n) is 7.46. The third kappa shape index (κ3) is 2.68. The summed E-state index contributed by atoms with van der Waals surface area (Å²) in [7, 11) is 1.96. The second-order valence-electron chi connectivity index (χ2n) is 5.81. The molecular formula is C15H17N5O2S. The standard InChI is InChI=1S/C15H17N5O2S/c1-20-8-7-17-14(20)23-9-10-3-4-11(21-10)12-18-13(19-22-12)15(16)5-2-6-15/h3-4,7-8H,2,5-6,9,16H2,1H3. The Hall–Kier alpha value is -2.06. The largest absolute Gasteiger partial charge is 0.455 e. The van der Waals surface area contributed by atoms with Gasteiger partial charge in [-0.2, -0.15) is 4.98 Å². The van der Waals surface area contributed by atoms with Gasteiger partial charge in [-0.3, -0.25) is 0 Å². The summed E-state index contributed by atoms with van der Waals surface area (Å²) >= 11 is 1.61. The number of hydrogen-bond acceptors (Lipinski definition) is 7. The molecule has 1 aliphatic rings. The first-order chi connectivity index (χ1) is 11.1. The van der Waals surface area contributed by atoms with Crippen LogP contribution in [0.3, 0.4) is 0 Å². The fraction of sp³-hybridized carbons (Fsp3) is 0.400. The molecule has 2 N–H and O–H groups in total. The average Bonchev–Trinajstić information content (AvgIpc) is 3.23. The first-order valence-corrected chi connectivity index (χ1v) is 8.45. The van der Waals surface area contributed by atoms with Crippen molar-refractivity contribution in [2.45, 2.75) is 35.7 Å². The molecule has 23 heavy (non-hydrogen) atoms. The van der Waals surface area contributed by atoms with Gasteiger partial charge >= 0.3 is 0 Å². The average molecular weight is 331 g/mol. The van der Waals surface area contributed by atoms with Crippen LogP contribution in [0.4, 0.5) is 0 Å². The van der Waals surface area contributed by atoms with E-state index in [4.69, 9.17) is 14.7 Å². The summed E-state index contributed by atoms with van der Waals surface area (Å²) < 4.78 is 13.1. The smallest absolute Gasteiger partial charge is 0.293 e. The van der Waals surface area contributed by atoms with Crippen LogP contribution >= 0.6 is 11.8 Å². The maximum absolute atomic E-state index is 6.21. The minimum atomic E-state index is -0.425. The third-order valence-corrected chi connectivity index (χ3v) is 5.19.